The summed E-state index contributed by atoms with van der Waals surface area (Å²) in [6.07, 6.45) is -1.14. The highest BCUT2D eigenvalue weighted by atomic mass is 35.5. The first-order valence-electron chi connectivity index (χ1n) is 11.3. The Hall–Kier alpha value is -3.59. The fourth-order valence-electron chi connectivity index (χ4n) is 5.64. The highest BCUT2D eigenvalue weighted by Gasteiger charge is 2.77. The molecule has 0 bridgehead atoms. The van der Waals surface area contributed by atoms with Crippen molar-refractivity contribution in [3.63, 3.8) is 0 Å². The van der Waals surface area contributed by atoms with Crippen molar-refractivity contribution in [2.24, 2.45) is 0 Å². The largest absolute Gasteiger partial charge is 0.497 e. The average Bonchev–Trinajstić information content (AvgIpc) is 3.45. The summed E-state index contributed by atoms with van der Waals surface area (Å²) in [5, 5.41) is 0.407. The molecule has 6 rings (SSSR count). The smallest absolute Gasteiger partial charge is 0.267 e. The molecule has 3 aliphatic rings. The first kappa shape index (κ1) is 22.8. The van der Waals surface area contributed by atoms with Crippen LogP contribution < -0.4 is 19.3 Å². The van der Waals surface area contributed by atoms with Gasteiger partial charge in [-0.15, -0.1) is 0 Å². The molecule has 1 fully saturated rings. The first-order valence-corrected chi connectivity index (χ1v) is 11.7. The summed E-state index contributed by atoms with van der Waals surface area (Å²) in [4.78, 5) is 31.4. The van der Waals surface area contributed by atoms with Gasteiger partial charge >= 0.3 is 0 Å². The van der Waals surface area contributed by atoms with Crippen molar-refractivity contribution < 1.29 is 28.5 Å². The Balaban J connectivity index is 1.68. The number of fused-ring (bicyclic) bond motifs is 5. The quantitative estimate of drug-likeness (QED) is 0.531. The van der Waals surface area contributed by atoms with Crippen LogP contribution in [-0.4, -0.2) is 40.1 Å². The lowest BCUT2D eigenvalue weighted by atomic mass is 9.74. The molecule has 2 spiro atoms. The topological polar surface area (TPSA) is 77.5 Å². The lowest BCUT2D eigenvalue weighted by molar-refractivity contribution is -0.156. The standard InChI is InChI=1S/C27H23ClN2O6/c1-29-20-8-6-5-7-18(20)26(24(29)31)27(19-13-15(28)9-11-21(19)30(2)25(27)32)36-23(35-26)17-14-16(33-3)10-12-22(17)34-4/h5-14,23H,1-4H3/t23-,26-,27-/m1/s1. The second kappa shape index (κ2) is 7.70. The fraction of sp³-hybridized carbons (Fsp3) is 0.259. The molecular formula is C27H23ClN2O6. The van der Waals surface area contributed by atoms with E-state index in [0.717, 1.165) is 0 Å². The zero-order valence-corrected chi connectivity index (χ0v) is 20.8. The van der Waals surface area contributed by atoms with E-state index in [-0.39, 0.29) is 0 Å². The Labute approximate surface area is 212 Å². The predicted molar refractivity (Wildman–Crippen MR) is 133 cm³/mol. The highest BCUT2D eigenvalue weighted by molar-refractivity contribution is 6.31. The average molecular weight is 507 g/mol. The number of para-hydroxylation sites is 1. The summed E-state index contributed by atoms with van der Waals surface area (Å²) < 4.78 is 24.3. The molecule has 0 radical (unpaired) electrons. The maximum absolute atomic E-state index is 14.2. The molecule has 1 saturated heterocycles. The third kappa shape index (κ3) is 2.61. The maximum atomic E-state index is 14.2. The monoisotopic (exact) mass is 506 g/mol. The molecule has 3 aromatic carbocycles. The van der Waals surface area contributed by atoms with Gasteiger partial charge in [0, 0.05) is 30.2 Å². The van der Waals surface area contributed by atoms with E-state index in [2.05, 4.69) is 0 Å². The normalized spacial score (nSPS) is 26.2. The van der Waals surface area contributed by atoms with Crippen molar-refractivity contribution in [2.45, 2.75) is 17.5 Å². The number of likely N-dealkylation sites (N-methyl/N-ethyl adjacent to an activating group) is 2. The van der Waals surface area contributed by atoms with Gasteiger partial charge in [-0.2, -0.15) is 0 Å². The Morgan fingerprint density at radius 3 is 2.11 bits per heavy atom. The number of benzene rings is 3. The Morgan fingerprint density at radius 1 is 0.806 bits per heavy atom. The lowest BCUT2D eigenvalue weighted by Crippen LogP contribution is -2.57. The van der Waals surface area contributed by atoms with Crippen LogP contribution in [0.15, 0.2) is 60.7 Å². The number of hydrogen-bond acceptors (Lipinski definition) is 6. The van der Waals surface area contributed by atoms with Crippen LogP contribution in [-0.2, 0) is 30.3 Å². The molecule has 3 atom stereocenters. The van der Waals surface area contributed by atoms with Crippen LogP contribution in [0.2, 0.25) is 5.02 Å². The molecule has 184 valence electrons. The summed E-state index contributed by atoms with van der Waals surface area (Å²) >= 11 is 6.42. The number of hydrogen-bond donors (Lipinski definition) is 0. The van der Waals surface area contributed by atoms with E-state index in [1.165, 1.54) is 16.9 Å². The lowest BCUT2D eigenvalue weighted by Gasteiger charge is -2.34. The number of carbonyl (C=O) groups is 2. The molecule has 3 aliphatic heterocycles. The van der Waals surface area contributed by atoms with Crippen molar-refractivity contribution in [1.82, 2.24) is 0 Å². The van der Waals surface area contributed by atoms with Crippen LogP contribution >= 0.6 is 11.6 Å². The van der Waals surface area contributed by atoms with Crippen LogP contribution in [0.3, 0.4) is 0 Å². The van der Waals surface area contributed by atoms with Crippen molar-refractivity contribution in [3.05, 3.63) is 82.4 Å². The minimum atomic E-state index is -1.83. The van der Waals surface area contributed by atoms with Gasteiger partial charge in [-0.05, 0) is 42.5 Å². The second-order valence-electron chi connectivity index (χ2n) is 8.94. The van der Waals surface area contributed by atoms with E-state index in [9.17, 15) is 9.59 Å². The van der Waals surface area contributed by atoms with Crippen molar-refractivity contribution in [2.75, 3.05) is 38.1 Å². The summed E-state index contributed by atoms with van der Waals surface area (Å²) in [6.45, 7) is 0. The van der Waals surface area contributed by atoms with E-state index in [1.807, 2.05) is 18.2 Å². The van der Waals surface area contributed by atoms with Crippen LogP contribution in [0, 0.1) is 0 Å². The first-order chi connectivity index (χ1) is 17.3. The number of carbonyl (C=O) groups excluding carboxylic acids is 2. The molecule has 2 amide bonds. The molecular weight excluding hydrogens is 484 g/mol. The van der Waals surface area contributed by atoms with Gasteiger partial charge < -0.3 is 28.7 Å². The highest BCUT2D eigenvalue weighted by Crippen LogP contribution is 2.66. The minimum Gasteiger partial charge on any atom is -0.497 e. The Morgan fingerprint density at radius 2 is 1.44 bits per heavy atom. The second-order valence-corrected chi connectivity index (χ2v) is 9.38. The fourth-order valence-corrected chi connectivity index (χ4v) is 5.81. The van der Waals surface area contributed by atoms with E-state index in [0.29, 0.717) is 44.6 Å². The number of rotatable bonds is 3. The molecule has 3 heterocycles. The third-order valence-corrected chi connectivity index (χ3v) is 7.54. The molecule has 0 saturated carbocycles. The SMILES string of the molecule is COc1ccc(OC)c([C@@H]2O[C@]3(C(=O)N(C)c4ccccc43)[C@]3(O2)C(=O)N(C)c2ccc(Cl)cc23)c1. The molecule has 8 nitrogen and oxygen atoms in total. The van der Waals surface area contributed by atoms with Gasteiger partial charge in [-0.25, -0.2) is 0 Å². The van der Waals surface area contributed by atoms with Crippen LogP contribution in [0.25, 0.3) is 0 Å². The number of nitrogens with zero attached hydrogens (tertiary/aromatic N) is 2. The van der Waals surface area contributed by atoms with Gasteiger partial charge in [-0.1, -0.05) is 29.8 Å². The summed E-state index contributed by atoms with van der Waals surface area (Å²) in [6, 6.07) is 17.6. The summed E-state index contributed by atoms with van der Waals surface area (Å²) in [7, 11) is 6.38. The van der Waals surface area contributed by atoms with Gasteiger partial charge in [0.2, 0.25) is 11.2 Å². The van der Waals surface area contributed by atoms with E-state index < -0.39 is 29.3 Å². The number of halogens is 1. The Bertz CT molecular complexity index is 1440. The Kier molecular flexibility index (Phi) is 4.89. The third-order valence-electron chi connectivity index (χ3n) is 7.31. The van der Waals surface area contributed by atoms with E-state index >= 15 is 0 Å². The number of amides is 2. The van der Waals surface area contributed by atoms with Gasteiger partial charge in [-0.3, -0.25) is 9.59 Å². The van der Waals surface area contributed by atoms with Crippen molar-refractivity contribution in [3.8, 4) is 11.5 Å². The summed E-state index contributed by atoms with van der Waals surface area (Å²) in [5.74, 6) is 0.164. The number of anilines is 2. The van der Waals surface area contributed by atoms with Crippen molar-refractivity contribution in [1.29, 1.82) is 0 Å². The number of ether oxygens (including phenoxy) is 4. The molecule has 0 unspecified atom stereocenters. The molecule has 0 N–H and O–H groups in total. The zero-order chi connectivity index (χ0) is 25.4. The minimum absolute atomic E-state index is 0.407. The van der Waals surface area contributed by atoms with Crippen LogP contribution in [0.4, 0.5) is 11.4 Å². The molecule has 0 aliphatic carbocycles. The van der Waals surface area contributed by atoms with Crippen LogP contribution in [0.1, 0.15) is 23.0 Å². The van der Waals surface area contributed by atoms with Gasteiger partial charge in [0.1, 0.15) is 11.5 Å². The van der Waals surface area contributed by atoms with E-state index in [4.69, 9.17) is 30.5 Å². The predicted octanol–water partition coefficient (Wildman–Crippen LogP) is 4.15. The molecule has 36 heavy (non-hydrogen) atoms. The zero-order valence-electron chi connectivity index (χ0n) is 20.1. The molecule has 0 aromatic heterocycles. The van der Waals surface area contributed by atoms with Crippen LogP contribution in [0.5, 0.6) is 11.5 Å². The molecule has 9 heteroatoms. The summed E-state index contributed by atoms with van der Waals surface area (Å²) in [5.41, 5.74) is -0.933. The number of methoxy groups -OCH3 is 2. The van der Waals surface area contributed by atoms with Gasteiger partial charge in [0.25, 0.3) is 11.8 Å². The van der Waals surface area contributed by atoms with Gasteiger partial charge in [0.05, 0.1) is 31.2 Å². The maximum Gasteiger partial charge on any atom is 0.267 e. The molecule has 3 aromatic rings. The van der Waals surface area contributed by atoms with Gasteiger partial charge in [0.15, 0.2) is 6.29 Å². The van der Waals surface area contributed by atoms with Crippen molar-refractivity contribution >= 4 is 34.8 Å². The van der Waals surface area contributed by atoms with E-state index in [1.54, 1.807) is 63.7 Å².